The standard InChI is InChI=1S/C9H12ClFN2O2/c10-6-1-9(8(12)2-7(6)11)13-5(3-14)4-15/h1-2,5,13-15H,3-4,12H2. The first-order valence-electron chi connectivity index (χ1n) is 4.31. The summed E-state index contributed by atoms with van der Waals surface area (Å²) in [6.07, 6.45) is 0. The van der Waals surface area contributed by atoms with Crippen molar-refractivity contribution in [2.75, 3.05) is 24.3 Å². The number of benzene rings is 1. The molecule has 0 amide bonds. The van der Waals surface area contributed by atoms with Gasteiger partial charge in [0.25, 0.3) is 0 Å². The lowest BCUT2D eigenvalue weighted by molar-refractivity contribution is 0.204. The lowest BCUT2D eigenvalue weighted by Crippen LogP contribution is -2.28. The first-order valence-corrected chi connectivity index (χ1v) is 4.69. The molecular formula is C9H12ClFN2O2. The van der Waals surface area contributed by atoms with Gasteiger partial charge < -0.3 is 21.3 Å². The van der Waals surface area contributed by atoms with Crippen molar-refractivity contribution in [2.24, 2.45) is 0 Å². The number of nitrogen functional groups attached to an aromatic ring is 1. The van der Waals surface area contributed by atoms with Crippen LogP contribution in [0.25, 0.3) is 0 Å². The average Bonchev–Trinajstić information content (AvgIpc) is 2.21. The highest BCUT2D eigenvalue weighted by Crippen LogP contribution is 2.26. The summed E-state index contributed by atoms with van der Waals surface area (Å²) >= 11 is 5.56. The third-order valence-corrected chi connectivity index (χ3v) is 2.18. The Balaban J connectivity index is 2.89. The van der Waals surface area contributed by atoms with Crippen LogP contribution in [0.5, 0.6) is 0 Å². The van der Waals surface area contributed by atoms with E-state index in [4.69, 9.17) is 27.5 Å². The molecule has 0 aliphatic carbocycles. The molecule has 0 radical (unpaired) electrons. The lowest BCUT2D eigenvalue weighted by atomic mass is 10.2. The van der Waals surface area contributed by atoms with Gasteiger partial charge in [0, 0.05) is 6.07 Å². The Kier molecular flexibility index (Phi) is 4.14. The van der Waals surface area contributed by atoms with E-state index in [1.165, 1.54) is 6.07 Å². The quantitative estimate of drug-likeness (QED) is 0.582. The largest absolute Gasteiger partial charge is 0.397 e. The summed E-state index contributed by atoms with van der Waals surface area (Å²) < 4.78 is 12.9. The number of aliphatic hydroxyl groups excluding tert-OH is 2. The van der Waals surface area contributed by atoms with Gasteiger partial charge in [0.2, 0.25) is 0 Å². The highest BCUT2D eigenvalue weighted by molar-refractivity contribution is 6.31. The Hall–Kier alpha value is -1.04. The zero-order valence-corrected chi connectivity index (χ0v) is 8.63. The minimum absolute atomic E-state index is 0.0682. The second-order valence-electron chi connectivity index (χ2n) is 3.06. The van der Waals surface area contributed by atoms with Gasteiger partial charge in [0.1, 0.15) is 5.82 Å². The van der Waals surface area contributed by atoms with Crippen LogP contribution in [0, 0.1) is 5.82 Å². The van der Waals surface area contributed by atoms with Gasteiger partial charge in [-0.15, -0.1) is 0 Å². The van der Waals surface area contributed by atoms with Crippen LogP contribution in [0.3, 0.4) is 0 Å². The Morgan fingerprint density at radius 1 is 1.40 bits per heavy atom. The van der Waals surface area contributed by atoms with E-state index < -0.39 is 11.9 Å². The topological polar surface area (TPSA) is 78.5 Å². The fourth-order valence-electron chi connectivity index (χ4n) is 1.06. The Morgan fingerprint density at radius 2 is 2.00 bits per heavy atom. The van der Waals surface area contributed by atoms with Crippen LogP contribution in [0.1, 0.15) is 0 Å². The summed E-state index contributed by atoms with van der Waals surface area (Å²) in [5.74, 6) is -0.607. The highest BCUT2D eigenvalue weighted by Gasteiger charge is 2.10. The highest BCUT2D eigenvalue weighted by atomic mass is 35.5. The molecule has 4 nitrogen and oxygen atoms in total. The molecule has 0 atom stereocenters. The van der Waals surface area contributed by atoms with E-state index in [-0.39, 0.29) is 23.9 Å². The van der Waals surface area contributed by atoms with Gasteiger partial charge in [-0.1, -0.05) is 11.6 Å². The molecule has 0 bridgehead atoms. The first-order chi connectivity index (χ1) is 7.08. The summed E-state index contributed by atoms with van der Waals surface area (Å²) in [5.41, 5.74) is 6.08. The zero-order chi connectivity index (χ0) is 11.4. The number of nitrogens with two attached hydrogens (primary N) is 1. The van der Waals surface area contributed by atoms with E-state index in [1.54, 1.807) is 0 Å². The number of rotatable bonds is 4. The molecule has 0 aliphatic rings. The molecule has 0 aliphatic heterocycles. The maximum absolute atomic E-state index is 12.9. The number of anilines is 2. The second-order valence-corrected chi connectivity index (χ2v) is 3.47. The molecule has 0 aromatic heterocycles. The molecule has 1 aromatic carbocycles. The van der Waals surface area contributed by atoms with Crippen molar-refractivity contribution < 1.29 is 14.6 Å². The van der Waals surface area contributed by atoms with Crippen LogP contribution in [0.4, 0.5) is 15.8 Å². The predicted molar refractivity (Wildman–Crippen MR) is 57.4 cm³/mol. The van der Waals surface area contributed by atoms with E-state index in [1.807, 2.05) is 0 Å². The van der Waals surface area contributed by atoms with Crippen LogP contribution in [-0.4, -0.2) is 29.5 Å². The smallest absolute Gasteiger partial charge is 0.143 e. The summed E-state index contributed by atoms with van der Waals surface area (Å²) in [7, 11) is 0. The maximum atomic E-state index is 12.9. The molecule has 0 saturated heterocycles. The van der Waals surface area contributed by atoms with Crippen molar-refractivity contribution in [3.8, 4) is 0 Å². The van der Waals surface area contributed by atoms with E-state index in [0.29, 0.717) is 5.69 Å². The number of nitrogens with one attached hydrogen (secondary N) is 1. The minimum atomic E-state index is -0.607. The summed E-state index contributed by atoms with van der Waals surface area (Å²) in [4.78, 5) is 0. The van der Waals surface area contributed by atoms with Crippen molar-refractivity contribution in [3.63, 3.8) is 0 Å². The van der Waals surface area contributed by atoms with Crippen LogP contribution in [-0.2, 0) is 0 Å². The van der Waals surface area contributed by atoms with Crippen molar-refractivity contribution >= 4 is 23.0 Å². The van der Waals surface area contributed by atoms with Gasteiger partial charge in [-0.05, 0) is 6.07 Å². The van der Waals surface area contributed by atoms with Crippen molar-refractivity contribution in [2.45, 2.75) is 6.04 Å². The predicted octanol–water partition coefficient (Wildman–Crippen LogP) is 0.826. The zero-order valence-electron chi connectivity index (χ0n) is 7.87. The van der Waals surface area contributed by atoms with E-state index in [9.17, 15) is 4.39 Å². The van der Waals surface area contributed by atoms with Gasteiger partial charge in [-0.25, -0.2) is 4.39 Å². The van der Waals surface area contributed by atoms with E-state index in [0.717, 1.165) is 6.07 Å². The van der Waals surface area contributed by atoms with Gasteiger partial charge in [0.05, 0.1) is 35.7 Å². The summed E-state index contributed by atoms with van der Waals surface area (Å²) in [6.45, 7) is -0.518. The molecule has 5 N–H and O–H groups in total. The SMILES string of the molecule is Nc1cc(F)c(Cl)cc1NC(CO)CO. The van der Waals surface area contributed by atoms with E-state index >= 15 is 0 Å². The van der Waals surface area contributed by atoms with Gasteiger partial charge in [-0.3, -0.25) is 0 Å². The number of hydrogen-bond acceptors (Lipinski definition) is 4. The Labute approximate surface area is 91.5 Å². The Bertz CT molecular complexity index is 345. The van der Waals surface area contributed by atoms with Gasteiger partial charge >= 0.3 is 0 Å². The molecule has 15 heavy (non-hydrogen) atoms. The molecule has 0 unspecified atom stereocenters. The Morgan fingerprint density at radius 3 is 2.53 bits per heavy atom. The molecule has 0 heterocycles. The number of hydrogen-bond donors (Lipinski definition) is 4. The molecular weight excluding hydrogens is 223 g/mol. The molecule has 1 rings (SSSR count). The van der Waals surface area contributed by atoms with Gasteiger partial charge in [0.15, 0.2) is 0 Å². The van der Waals surface area contributed by atoms with Crippen LogP contribution >= 0.6 is 11.6 Å². The number of halogens is 2. The fourth-order valence-corrected chi connectivity index (χ4v) is 1.22. The third-order valence-electron chi connectivity index (χ3n) is 1.89. The molecule has 6 heteroatoms. The van der Waals surface area contributed by atoms with Crippen LogP contribution in [0.2, 0.25) is 5.02 Å². The average molecular weight is 235 g/mol. The fraction of sp³-hybridized carbons (Fsp3) is 0.333. The second kappa shape index (κ2) is 5.16. The van der Waals surface area contributed by atoms with Crippen molar-refractivity contribution in [1.29, 1.82) is 0 Å². The molecule has 1 aromatic rings. The molecule has 0 spiro atoms. The van der Waals surface area contributed by atoms with E-state index in [2.05, 4.69) is 5.32 Å². The lowest BCUT2D eigenvalue weighted by Gasteiger charge is -2.16. The first kappa shape index (κ1) is 12.0. The third kappa shape index (κ3) is 2.95. The number of aliphatic hydroxyl groups is 2. The maximum Gasteiger partial charge on any atom is 0.143 e. The normalized spacial score (nSPS) is 10.7. The van der Waals surface area contributed by atoms with Gasteiger partial charge in [-0.2, -0.15) is 0 Å². The van der Waals surface area contributed by atoms with Crippen LogP contribution in [0.15, 0.2) is 12.1 Å². The molecule has 84 valence electrons. The molecule has 0 saturated carbocycles. The van der Waals surface area contributed by atoms with Crippen LogP contribution < -0.4 is 11.1 Å². The monoisotopic (exact) mass is 234 g/mol. The minimum Gasteiger partial charge on any atom is -0.397 e. The molecule has 0 fully saturated rings. The summed E-state index contributed by atoms with van der Waals surface area (Å²) in [6, 6.07) is 1.84. The van der Waals surface area contributed by atoms with Crippen molar-refractivity contribution in [3.05, 3.63) is 23.0 Å². The van der Waals surface area contributed by atoms with Crippen molar-refractivity contribution in [1.82, 2.24) is 0 Å². The summed E-state index contributed by atoms with van der Waals surface area (Å²) in [5, 5.41) is 20.3.